The fourth-order valence-electron chi connectivity index (χ4n) is 15.6. The number of allylic oxidation sites excluding steroid dienone is 1. The zero-order valence-electron chi connectivity index (χ0n) is 37.5. The number of carbonyl (C=O) groups excluding carboxylic acids is 4. The Kier molecular flexibility index (Phi) is 10.4. The second-order valence-electron chi connectivity index (χ2n) is 22.8. The molecule has 10 atom stereocenters. The molecule has 7 aliphatic carbocycles. The van der Waals surface area contributed by atoms with Crippen LogP contribution in [0.2, 0.25) is 5.02 Å². The quantitative estimate of drug-likeness (QED) is 0.175. The van der Waals surface area contributed by atoms with Crippen LogP contribution in [0.5, 0.6) is 0 Å². The fraction of sp³-hybridized carbons (Fsp3) is 0.740. The molecule has 1 aromatic carbocycles. The van der Waals surface area contributed by atoms with E-state index in [1.165, 1.54) is 0 Å². The van der Waals surface area contributed by atoms with Crippen LogP contribution in [0.3, 0.4) is 0 Å². The maximum Gasteiger partial charge on any atom is 0.309 e. The summed E-state index contributed by atoms with van der Waals surface area (Å²) in [6, 6.07) is 6.98. The number of hydrogen-bond donors (Lipinski definition) is 3. The second kappa shape index (κ2) is 14.4. The zero-order valence-corrected chi connectivity index (χ0v) is 38.3. The van der Waals surface area contributed by atoms with E-state index in [1.807, 2.05) is 13.8 Å². The molecule has 0 unspecified atom stereocenters. The monoisotopic (exact) mass is 844 g/mol. The summed E-state index contributed by atoms with van der Waals surface area (Å²) in [5.74, 6) is -1.50. The molecule has 60 heavy (non-hydrogen) atoms. The van der Waals surface area contributed by atoms with Crippen molar-refractivity contribution in [2.75, 3.05) is 5.32 Å². The molecule has 6 fully saturated rings. The van der Waals surface area contributed by atoms with Gasteiger partial charge in [-0.05, 0) is 151 Å². The molecule has 9 nitrogen and oxygen atoms in total. The Hall–Kier alpha value is -3.20. The standard InChI is InChI=1S/C50H69ClN2O7/c1-28(2)38-34(54)27-50(53-43(59)49(20-10-11-21-49)42(58)52-30-14-12-29(51)13-15-30)25-24-47(8)31(39(38)50)16-17-36-46(7)22-19-37(45(5,6)35(46)18-23-48(36,47)9)60-41(57)33-26-32(40(55)56)44(33,3)4/h12-15,28,31-33,35-37H,10-11,16-27H2,1-9H3,(H,52,58)(H,53,59)(H,55,56)/t31-,32+,33-,35+,36-,37+,46+,47-,48-,50-/m1/s1. The second-order valence-corrected chi connectivity index (χ2v) is 23.2. The number of ketones is 1. The van der Waals surface area contributed by atoms with Gasteiger partial charge in [-0.15, -0.1) is 0 Å². The number of halogens is 1. The van der Waals surface area contributed by atoms with Crippen LogP contribution >= 0.6 is 11.6 Å². The number of hydrogen-bond acceptors (Lipinski definition) is 6. The number of ether oxygens (including phenoxy) is 1. The Morgan fingerprint density at radius 3 is 2.05 bits per heavy atom. The van der Waals surface area contributed by atoms with E-state index in [4.69, 9.17) is 16.3 Å². The van der Waals surface area contributed by atoms with Gasteiger partial charge in [-0.1, -0.05) is 86.8 Å². The van der Waals surface area contributed by atoms with Crippen LogP contribution in [0.25, 0.3) is 0 Å². The molecule has 328 valence electrons. The molecule has 0 aromatic heterocycles. The van der Waals surface area contributed by atoms with E-state index in [2.05, 4.69) is 59.1 Å². The van der Waals surface area contributed by atoms with E-state index >= 15 is 0 Å². The molecule has 0 spiro atoms. The number of anilines is 1. The highest BCUT2D eigenvalue weighted by Gasteiger charge is 2.71. The molecule has 8 rings (SSSR count). The summed E-state index contributed by atoms with van der Waals surface area (Å²) >= 11 is 6.13. The molecule has 3 N–H and O–H groups in total. The normalized spacial score (nSPS) is 39.7. The molecule has 1 aromatic rings. The number of rotatable bonds is 8. The summed E-state index contributed by atoms with van der Waals surface area (Å²) in [4.78, 5) is 68.8. The summed E-state index contributed by atoms with van der Waals surface area (Å²) in [6.45, 7) is 20.1. The Morgan fingerprint density at radius 1 is 0.767 bits per heavy atom. The van der Waals surface area contributed by atoms with Crippen LogP contribution in [-0.4, -0.2) is 46.3 Å². The van der Waals surface area contributed by atoms with Crippen molar-refractivity contribution >= 4 is 46.8 Å². The number of carboxylic acid groups (broad SMARTS) is 1. The maximum atomic E-state index is 14.9. The van der Waals surface area contributed by atoms with Gasteiger partial charge < -0.3 is 20.5 Å². The predicted molar refractivity (Wildman–Crippen MR) is 232 cm³/mol. The lowest BCUT2D eigenvalue weighted by atomic mass is 9.33. The molecule has 10 heteroatoms. The van der Waals surface area contributed by atoms with Crippen molar-refractivity contribution in [2.45, 2.75) is 164 Å². The van der Waals surface area contributed by atoms with Gasteiger partial charge in [0.2, 0.25) is 11.8 Å². The number of aliphatic carboxylic acids is 1. The van der Waals surface area contributed by atoms with E-state index in [0.29, 0.717) is 48.2 Å². The van der Waals surface area contributed by atoms with Crippen molar-refractivity contribution < 1.29 is 33.8 Å². The molecule has 0 heterocycles. The first-order chi connectivity index (χ1) is 28.0. The van der Waals surface area contributed by atoms with E-state index in [9.17, 15) is 29.1 Å². The molecule has 2 amide bonds. The molecule has 0 bridgehead atoms. The van der Waals surface area contributed by atoms with Gasteiger partial charge in [0, 0.05) is 22.5 Å². The van der Waals surface area contributed by atoms with Gasteiger partial charge in [0.05, 0.1) is 17.4 Å². The SMILES string of the molecule is CC(C)C1=C2[C@H]3CC[C@@H]4[C@@]5(C)CC[C@H](OC(=O)[C@H]6C[C@@H](C(=O)O)C6(C)C)C(C)(C)[C@@H]5CC[C@@]4(C)[C@]3(C)CC[C@@]2(NC(=O)C2(C(=O)Nc3ccc(Cl)cc3)CCCC2)CC1=O. The molecule has 7 aliphatic rings. The van der Waals surface area contributed by atoms with Gasteiger partial charge in [-0.25, -0.2) is 0 Å². The molecule has 0 radical (unpaired) electrons. The first-order valence-electron chi connectivity index (χ1n) is 23.1. The Labute approximate surface area is 362 Å². The smallest absolute Gasteiger partial charge is 0.309 e. The summed E-state index contributed by atoms with van der Waals surface area (Å²) < 4.78 is 6.43. The highest BCUT2D eigenvalue weighted by atomic mass is 35.5. The number of esters is 1. The number of carbonyl (C=O) groups is 5. The number of nitrogens with one attached hydrogen (secondary N) is 2. The minimum Gasteiger partial charge on any atom is -0.481 e. The number of carboxylic acids is 1. The highest BCUT2D eigenvalue weighted by molar-refractivity contribution is 6.30. The fourth-order valence-corrected chi connectivity index (χ4v) is 15.7. The predicted octanol–water partition coefficient (Wildman–Crippen LogP) is 10.3. The lowest BCUT2D eigenvalue weighted by molar-refractivity contribution is -0.235. The van der Waals surface area contributed by atoms with Crippen LogP contribution in [-0.2, 0) is 28.7 Å². The van der Waals surface area contributed by atoms with Crippen LogP contribution in [0.4, 0.5) is 5.69 Å². The third-order valence-electron chi connectivity index (χ3n) is 19.3. The topological polar surface area (TPSA) is 139 Å². The van der Waals surface area contributed by atoms with E-state index in [-0.39, 0.29) is 69.6 Å². The first-order valence-corrected chi connectivity index (χ1v) is 23.5. The lowest BCUT2D eigenvalue weighted by Gasteiger charge is -2.72. The van der Waals surface area contributed by atoms with Gasteiger partial charge in [0.1, 0.15) is 11.5 Å². The Morgan fingerprint density at radius 2 is 1.43 bits per heavy atom. The molecular weight excluding hydrogens is 776 g/mol. The number of fused-ring (bicyclic) bond motifs is 7. The average molecular weight is 846 g/mol. The van der Waals surface area contributed by atoms with Crippen LogP contribution in [0.15, 0.2) is 35.4 Å². The highest BCUT2D eigenvalue weighted by Crippen LogP contribution is 2.76. The summed E-state index contributed by atoms with van der Waals surface area (Å²) in [5.41, 5.74) is -0.358. The molecule has 0 aliphatic heterocycles. The maximum absolute atomic E-state index is 14.9. The number of benzene rings is 1. The summed E-state index contributed by atoms with van der Waals surface area (Å²) in [5, 5.41) is 16.8. The molecular formula is C50H69ClN2O7. The average Bonchev–Trinajstić information content (AvgIpc) is 3.77. The summed E-state index contributed by atoms with van der Waals surface area (Å²) in [6.07, 6.45) is 10.2. The van der Waals surface area contributed by atoms with Crippen molar-refractivity contribution in [2.24, 2.45) is 68.0 Å². The van der Waals surface area contributed by atoms with Crippen molar-refractivity contribution in [1.29, 1.82) is 0 Å². The minimum absolute atomic E-state index is 0.0142. The van der Waals surface area contributed by atoms with Gasteiger partial charge in [-0.3, -0.25) is 24.0 Å². The van der Waals surface area contributed by atoms with Crippen LogP contribution in [0.1, 0.15) is 152 Å². The van der Waals surface area contributed by atoms with Gasteiger partial charge in [0.15, 0.2) is 5.78 Å². The first kappa shape index (κ1) is 43.4. The van der Waals surface area contributed by atoms with Crippen molar-refractivity contribution in [3.8, 4) is 0 Å². The van der Waals surface area contributed by atoms with Crippen LogP contribution < -0.4 is 10.6 Å². The van der Waals surface area contributed by atoms with E-state index in [1.54, 1.807) is 24.3 Å². The minimum atomic E-state index is -1.21. The zero-order chi connectivity index (χ0) is 43.6. The van der Waals surface area contributed by atoms with Gasteiger partial charge in [-0.2, -0.15) is 0 Å². The molecule has 0 saturated heterocycles. The van der Waals surface area contributed by atoms with Crippen molar-refractivity contribution in [1.82, 2.24) is 5.32 Å². The van der Waals surface area contributed by atoms with Gasteiger partial charge >= 0.3 is 11.9 Å². The number of amides is 2. The van der Waals surface area contributed by atoms with Gasteiger partial charge in [0.25, 0.3) is 0 Å². The Bertz CT molecular complexity index is 2010. The van der Waals surface area contributed by atoms with Crippen molar-refractivity contribution in [3.05, 3.63) is 40.4 Å². The summed E-state index contributed by atoms with van der Waals surface area (Å²) in [7, 11) is 0. The van der Waals surface area contributed by atoms with Crippen molar-refractivity contribution in [3.63, 3.8) is 0 Å². The largest absolute Gasteiger partial charge is 0.481 e. The van der Waals surface area contributed by atoms with E-state index < -0.39 is 34.2 Å². The van der Waals surface area contributed by atoms with Crippen LogP contribution in [0, 0.1) is 68.0 Å². The van der Waals surface area contributed by atoms with E-state index in [0.717, 1.165) is 68.9 Å². The third-order valence-corrected chi connectivity index (χ3v) is 19.5. The molecule has 6 saturated carbocycles. The lowest BCUT2D eigenvalue weighted by Crippen LogP contribution is -2.68. The third kappa shape index (κ3) is 6.13. The number of Topliss-reactive ketones (excluding diaryl/α,β-unsaturated/α-hetero) is 1. The Balaban J connectivity index is 1.06.